The van der Waals surface area contributed by atoms with Crippen LogP contribution in [0.1, 0.15) is 43.7 Å². The summed E-state index contributed by atoms with van der Waals surface area (Å²) in [6.07, 6.45) is 5.91. The standard InChI is InChI=1S/C14H19F2NO/c15-10-6-7-13(16)12(8-10)14(17)9-18-11-4-2-1-3-5-11/h6-8,11,14H,1-5,9,17H2. The van der Waals surface area contributed by atoms with Crippen LogP contribution in [0.3, 0.4) is 0 Å². The topological polar surface area (TPSA) is 35.2 Å². The van der Waals surface area contributed by atoms with Crippen LogP contribution in [0.4, 0.5) is 8.78 Å². The average molecular weight is 255 g/mol. The molecule has 0 spiro atoms. The van der Waals surface area contributed by atoms with Crippen LogP contribution in [0.25, 0.3) is 0 Å². The molecule has 0 aliphatic heterocycles. The zero-order valence-corrected chi connectivity index (χ0v) is 10.4. The summed E-state index contributed by atoms with van der Waals surface area (Å²) in [5.74, 6) is -0.948. The fourth-order valence-electron chi connectivity index (χ4n) is 2.36. The molecule has 1 saturated carbocycles. The smallest absolute Gasteiger partial charge is 0.128 e. The summed E-state index contributed by atoms with van der Waals surface area (Å²) in [5.41, 5.74) is 6.04. The van der Waals surface area contributed by atoms with E-state index in [4.69, 9.17) is 10.5 Å². The Hall–Kier alpha value is -1.00. The van der Waals surface area contributed by atoms with Crippen molar-refractivity contribution in [3.63, 3.8) is 0 Å². The second-order valence-electron chi connectivity index (χ2n) is 4.87. The van der Waals surface area contributed by atoms with Crippen molar-refractivity contribution in [2.24, 2.45) is 5.73 Å². The Morgan fingerprint density at radius 2 is 1.94 bits per heavy atom. The molecule has 1 fully saturated rings. The summed E-state index contributed by atoms with van der Waals surface area (Å²) in [6.45, 7) is 0.241. The molecular formula is C14H19F2NO. The van der Waals surface area contributed by atoms with E-state index in [9.17, 15) is 8.78 Å². The molecule has 1 atom stereocenters. The van der Waals surface area contributed by atoms with Crippen molar-refractivity contribution < 1.29 is 13.5 Å². The van der Waals surface area contributed by atoms with Crippen LogP contribution >= 0.6 is 0 Å². The molecule has 4 heteroatoms. The molecule has 0 bridgehead atoms. The van der Waals surface area contributed by atoms with Gasteiger partial charge in [0.2, 0.25) is 0 Å². The van der Waals surface area contributed by atoms with Crippen LogP contribution in [0.2, 0.25) is 0 Å². The predicted molar refractivity (Wildman–Crippen MR) is 66.1 cm³/mol. The van der Waals surface area contributed by atoms with Gasteiger partial charge in [-0.2, -0.15) is 0 Å². The fraction of sp³-hybridized carbons (Fsp3) is 0.571. The van der Waals surface area contributed by atoms with Crippen molar-refractivity contribution in [3.8, 4) is 0 Å². The molecule has 1 aromatic carbocycles. The Labute approximate surface area is 106 Å². The molecule has 1 aromatic rings. The predicted octanol–water partition coefficient (Wildman–Crippen LogP) is 3.31. The van der Waals surface area contributed by atoms with Gasteiger partial charge in [-0.3, -0.25) is 0 Å². The van der Waals surface area contributed by atoms with Crippen LogP contribution in [-0.2, 0) is 4.74 Å². The lowest BCUT2D eigenvalue weighted by molar-refractivity contribution is 0.0202. The van der Waals surface area contributed by atoms with Crippen LogP contribution in [-0.4, -0.2) is 12.7 Å². The number of rotatable bonds is 4. The van der Waals surface area contributed by atoms with Gasteiger partial charge in [0.15, 0.2) is 0 Å². The van der Waals surface area contributed by atoms with E-state index in [0.29, 0.717) is 0 Å². The highest BCUT2D eigenvalue weighted by Crippen LogP contribution is 2.22. The van der Waals surface area contributed by atoms with Crippen molar-refractivity contribution in [3.05, 3.63) is 35.4 Å². The van der Waals surface area contributed by atoms with E-state index < -0.39 is 17.7 Å². The SMILES string of the molecule is NC(COC1CCCCC1)c1cc(F)ccc1F. The Morgan fingerprint density at radius 1 is 1.22 bits per heavy atom. The van der Waals surface area contributed by atoms with E-state index in [1.807, 2.05) is 0 Å². The van der Waals surface area contributed by atoms with E-state index in [1.165, 1.54) is 19.3 Å². The van der Waals surface area contributed by atoms with Gasteiger partial charge in [-0.25, -0.2) is 8.78 Å². The summed E-state index contributed by atoms with van der Waals surface area (Å²) in [5, 5.41) is 0. The second-order valence-corrected chi connectivity index (χ2v) is 4.87. The molecule has 18 heavy (non-hydrogen) atoms. The van der Waals surface area contributed by atoms with Gasteiger partial charge in [0.05, 0.1) is 18.8 Å². The molecule has 0 radical (unpaired) electrons. The van der Waals surface area contributed by atoms with E-state index in [2.05, 4.69) is 0 Å². The Bertz CT molecular complexity index is 391. The third-order valence-corrected chi connectivity index (χ3v) is 3.42. The van der Waals surface area contributed by atoms with E-state index in [1.54, 1.807) is 0 Å². The summed E-state index contributed by atoms with van der Waals surface area (Å²) in [7, 11) is 0. The summed E-state index contributed by atoms with van der Waals surface area (Å²) < 4.78 is 32.2. The van der Waals surface area contributed by atoms with Gasteiger partial charge in [0, 0.05) is 5.56 Å². The van der Waals surface area contributed by atoms with Gasteiger partial charge >= 0.3 is 0 Å². The highest BCUT2D eigenvalue weighted by atomic mass is 19.1. The number of nitrogens with two attached hydrogens (primary N) is 1. The van der Waals surface area contributed by atoms with E-state index in [0.717, 1.165) is 31.0 Å². The molecule has 0 aromatic heterocycles. The fourth-order valence-corrected chi connectivity index (χ4v) is 2.36. The van der Waals surface area contributed by atoms with Crippen LogP contribution < -0.4 is 5.73 Å². The maximum absolute atomic E-state index is 13.5. The molecule has 1 unspecified atom stereocenters. The Morgan fingerprint density at radius 3 is 2.67 bits per heavy atom. The van der Waals surface area contributed by atoms with Crippen molar-refractivity contribution >= 4 is 0 Å². The second kappa shape index (κ2) is 6.25. The maximum Gasteiger partial charge on any atom is 0.128 e. The van der Waals surface area contributed by atoms with Crippen LogP contribution in [0.15, 0.2) is 18.2 Å². The minimum absolute atomic E-state index is 0.186. The number of halogens is 2. The third-order valence-electron chi connectivity index (χ3n) is 3.42. The van der Waals surface area contributed by atoms with Crippen LogP contribution in [0.5, 0.6) is 0 Å². The van der Waals surface area contributed by atoms with Crippen molar-refractivity contribution in [2.45, 2.75) is 44.2 Å². The molecule has 2 rings (SSSR count). The molecule has 100 valence electrons. The van der Waals surface area contributed by atoms with E-state index in [-0.39, 0.29) is 18.3 Å². The minimum Gasteiger partial charge on any atom is -0.376 e. The van der Waals surface area contributed by atoms with Gasteiger partial charge in [-0.05, 0) is 31.0 Å². The molecule has 0 heterocycles. The van der Waals surface area contributed by atoms with Gasteiger partial charge in [0.25, 0.3) is 0 Å². The van der Waals surface area contributed by atoms with E-state index >= 15 is 0 Å². The van der Waals surface area contributed by atoms with Gasteiger partial charge in [-0.1, -0.05) is 19.3 Å². The lowest BCUT2D eigenvalue weighted by Gasteiger charge is -2.24. The first-order valence-corrected chi connectivity index (χ1v) is 6.49. The first kappa shape index (κ1) is 13.4. The zero-order chi connectivity index (χ0) is 13.0. The minimum atomic E-state index is -0.609. The first-order chi connectivity index (χ1) is 8.66. The van der Waals surface area contributed by atoms with Crippen molar-refractivity contribution in [1.82, 2.24) is 0 Å². The lowest BCUT2D eigenvalue weighted by atomic mass is 9.97. The molecule has 2 nitrogen and oxygen atoms in total. The quantitative estimate of drug-likeness (QED) is 0.895. The number of ether oxygens (including phenoxy) is 1. The molecule has 1 aliphatic carbocycles. The highest BCUT2D eigenvalue weighted by Gasteiger charge is 2.17. The number of hydrogen-bond donors (Lipinski definition) is 1. The highest BCUT2D eigenvalue weighted by molar-refractivity contribution is 5.22. The normalized spacial score (nSPS) is 18.8. The average Bonchev–Trinajstić information content (AvgIpc) is 2.40. The van der Waals surface area contributed by atoms with Gasteiger partial charge in [-0.15, -0.1) is 0 Å². The zero-order valence-electron chi connectivity index (χ0n) is 10.4. The summed E-state index contributed by atoms with van der Waals surface area (Å²) in [6, 6.07) is 2.73. The molecule has 1 aliphatic rings. The maximum atomic E-state index is 13.5. The summed E-state index contributed by atoms with van der Waals surface area (Å²) >= 11 is 0. The number of benzene rings is 1. The Kier molecular flexibility index (Phi) is 4.66. The largest absolute Gasteiger partial charge is 0.376 e. The van der Waals surface area contributed by atoms with Gasteiger partial charge < -0.3 is 10.5 Å². The van der Waals surface area contributed by atoms with Gasteiger partial charge in [0.1, 0.15) is 11.6 Å². The molecule has 0 amide bonds. The van der Waals surface area contributed by atoms with Crippen LogP contribution in [0, 0.1) is 11.6 Å². The first-order valence-electron chi connectivity index (χ1n) is 6.49. The molecule has 2 N–H and O–H groups in total. The monoisotopic (exact) mass is 255 g/mol. The lowest BCUT2D eigenvalue weighted by Crippen LogP contribution is -2.24. The van der Waals surface area contributed by atoms with Crippen molar-refractivity contribution in [1.29, 1.82) is 0 Å². The third kappa shape index (κ3) is 3.50. The van der Waals surface area contributed by atoms with Crippen molar-refractivity contribution in [2.75, 3.05) is 6.61 Å². The number of hydrogen-bond acceptors (Lipinski definition) is 2. The molecular weight excluding hydrogens is 236 g/mol. The summed E-state index contributed by atoms with van der Waals surface area (Å²) in [4.78, 5) is 0. The Balaban J connectivity index is 1.90. The molecule has 0 saturated heterocycles.